The Morgan fingerprint density at radius 3 is 1.96 bits per heavy atom. The largest absolute Gasteiger partial charge is 0.396 e. The maximum absolute atomic E-state index is 10.1. The van der Waals surface area contributed by atoms with E-state index in [1.54, 1.807) is 13.8 Å². The van der Waals surface area contributed by atoms with Crippen molar-refractivity contribution in [1.29, 1.82) is 0 Å². The molecule has 0 rings (SSSR count). The molecule has 8 nitrogen and oxygen atoms in total. The Kier molecular flexibility index (Phi) is 12.8. The third-order valence-electron chi connectivity index (χ3n) is 4.32. The van der Waals surface area contributed by atoms with Gasteiger partial charge in [-0.2, -0.15) is 0 Å². The Morgan fingerprint density at radius 1 is 1.00 bits per heavy atom. The summed E-state index contributed by atoms with van der Waals surface area (Å²) >= 11 is 0. The van der Waals surface area contributed by atoms with E-state index in [-0.39, 0.29) is 25.9 Å². The van der Waals surface area contributed by atoms with E-state index >= 15 is 0 Å². The van der Waals surface area contributed by atoms with Crippen molar-refractivity contribution in [2.45, 2.75) is 56.9 Å². The van der Waals surface area contributed by atoms with E-state index in [2.05, 4.69) is 5.32 Å². The minimum Gasteiger partial charge on any atom is -0.396 e. The fraction of sp³-hybridized carbons (Fsp3) is 1.00. The lowest BCUT2D eigenvalue weighted by molar-refractivity contribution is -0.0347. The summed E-state index contributed by atoms with van der Waals surface area (Å²) in [6, 6.07) is -0.263. The molecule has 0 heterocycles. The number of nitrogens with zero attached hydrogens (tertiary/aromatic N) is 1. The highest BCUT2D eigenvalue weighted by Gasteiger charge is 2.44. The van der Waals surface area contributed by atoms with Crippen LogP contribution in [0.25, 0.3) is 0 Å². The van der Waals surface area contributed by atoms with Crippen LogP contribution in [-0.4, -0.2) is 100 Å². The molecular formula is C16H37N3O5. The minimum absolute atomic E-state index is 0.106. The van der Waals surface area contributed by atoms with Crippen LogP contribution in [0.2, 0.25) is 0 Å². The molecule has 4 atom stereocenters. The number of aliphatic hydroxyl groups is 5. The van der Waals surface area contributed by atoms with Gasteiger partial charge >= 0.3 is 0 Å². The Bertz CT molecular complexity index is 301. The van der Waals surface area contributed by atoms with Crippen LogP contribution in [-0.2, 0) is 0 Å². The van der Waals surface area contributed by atoms with Crippen molar-refractivity contribution in [2.75, 3.05) is 46.0 Å². The molecule has 0 bridgehead atoms. The maximum Gasteiger partial charge on any atom is 0.0558 e. The predicted octanol–water partition coefficient (Wildman–Crippen LogP) is -2.15. The number of rotatable bonds is 15. The second-order valence-electron chi connectivity index (χ2n) is 6.44. The van der Waals surface area contributed by atoms with E-state index in [4.69, 9.17) is 5.73 Å². The molecule has 0 spiro atoms. The molecule has 0 fully saturated rings. The summed E-state index contributed by atoms with van der Waals surface area (Å²) in [4.78, 5) is 1.90. The van der Waals surface area contributed by atoms with Crippen LogP contribution in [0.1, 0.15) is 33.1 Å². The summed E-state index contributed by atoms with van der Waals surface area (Å²) in [5, 5.41) is 51.8. The van der Waals surface area contributed by atoms with Gasteiger partial charge in [-0.3, -0.25) is 4.90 Å². The fourth-order valence-corrected chi connectivity index (χ4v) is 3.52. The van der Waals surface area contributed by atoms with Gasteiger partial charge < -0.3 is 36.6 Å². The van der Waals surface area contributed by atoms with E-state index in [1.807, 2.05) is 4.90 Å². The fourth-order valence-electron chi connectivity index (χ4n) is 3.52. The lowest BCUT2D eigenvalue weighted by Crippen LogP contribution is -2.65. The maximum atomic E-state index is 10.1. The molecule has 4 unspecified atom stereocenters. The van der Waals surface area contributed by atoms with Crippen molar-refractivity contribution < 1.29 is 25.5 Å². The molecule has 0 saturated carbocycles. The smallest absolute Gasteiger partial charge is 0.0558 e. The Hall–Kier alpha value is -0.320. The molecule has 0 aliphatic heterocycles. The first-order chi connectivity index (χ1) is 11.4. The highest BCUT2D eigenvalue weighted by molar-refractivity contribution is 5.02. The molecular weight excluding hydrogens is 314 g/mol. The number of aliphatic hydroxyl groups excluding tert-OH is 5. The molecule has 0 radical (unpaired) electrons. The third kappa shape index (κ3) is 7.71. The van der Waals surface area contributed by atoms with E-state index in [1.165, 1.54) is 0 Å². The van der Waals surface area contributed by atoms with Crippen molar-refractivity contribution in [2.24, 2.45) is 5.73 Å². The van der Waals surface area contributed by atoms with Crippen LogP contribution >= 0.6 is 0 Å². The van der Waals surface area contributed by atoms with Crippen molar-refractivity contribution in [3.8, 4) is 0 Å². The Labute approximate surface area is 145 Å². The predicted molar refractivity (Wildman–Crippen MR) is 93.6 cm³/mol. The van der Waals surface area contributed by atoms with Gasteiger partial charge in [0.05, 0.1) is 25.4 Å². The topological polar surface area (TPSA) is 142 Å². The molecule has 0 amide bonds. The van der Waals surface area contributed by atoms with Gasteiger partial charge in [0.25, 0.3) is 0 Å². The average Bonchev–Trinajstić information content (AvgIpc) is 2.50. The van der Waals surface area contributed by atoms with E-state index in [0.29, 0.717) is 45.4 Å². The number of hydrogen-bond donors (Lipinski definition) is 7. The molecule has 0 aliphatic rings. The zero-order valence-corrected chi connectivity index (χ0v) is 15.1. The van der Waals surface area contributed by atoms with Gasteiger partial charge in [-0.1, -0.05) is 0 Å². The first-order valence-electron chi connectivity index (χ1n) is 8.75. The van der Waals surface area contributed by atoms with Crippen LogP contribution in [0, 0.1) is 0 Å². The lowest BCUT2D eigenvalue weighted by atomic mass is 9.77. The van der Waals surface area contributed by atoms with E-state index < -0.39 is 17.7 Å². The average molecular weight is 351 g/mol. The zero-order chi connectivity index (χ0) is 18.6. The third-order valence-corrected chi connectivity index (χ3v) is 4.32. The Morgan fingerprint density at radius 2 is 1.58 bits per heavy atom. The quantitative estimate of drug-likeness (QED) is 0.177. The van der Waals surface area contributed by atoms with Crippen LogP contribution < -0.4 is 11.1 Å². The lowest BCUT2D eigenvalue weighted by Gasteiger charge is -2.50. The highest BCUT2D eigenvalue weighted by atomic mass is 16.3. The number of β-amino-alcohol motifs (C(OH)–C–C–N with tert-alkyl or cyclic N) is 2. The van der Waals surface area contributed by atoms with Crippen molar-refractivity contribution in [1.82, 2.24) is 10.2 Å². The van der Waals surface area contributed by atoms with Gasteiger partial charge in [0, 0.05) is 44.4 Å². The molecule has 0 aromatic rings. The summed E-state index contributed by atoms with van der Waals surface area (Å²) in [5.74, 6) is 0. The van der Waals surface area contributed by atoms with Gasteiger partial charge in [-0.25, -0.2) is 0 Å². The molecule has 146 valence electrons. The summed E-state index contributed by atoms with van der Waals surface area (Å²) in [6.07, 6.45) is -0.153. The van der Waals surface area contributed by atoms with Crippen LogP contribution in [0.3, 0.4) is 0 Å². The molecule has 0 aromatic heterocycles. The van der Waals surface area contributed by atoms with Gasteiger partial charge in [-0.15, -0.1) is 0 Å². The molecule has 8 heteroatoms. The highest BCUT2D eigenvalue weighted by Crippen LogP contribution is 2.32. The first-order valence-corrected chi connectivity index (χ1v) is 8.75. The molecule has 0 aromatic carbocycles. The first kappa shape index (κ1) is 23.7. The van der Waals surface area contributed by atoms with Gasteiger partial charge in [0.15, 0.2) is 0 Å². The number of hydrogen-bond acceptors (Lipinski definition) is 8. The van der Waals surface area contributed by atoms with Gasteiger partial charge in [0.2, 0.25) is 0 Å². The SMILES string of the molecule is CC(O)CC(NCCN)C(CCO)(CC(C)O)N(CCO)CCO. The Balaban J connectivity index is 5.83. The summed E-state index contributed by atoms with van der Waals surface area (Å²) in [6.45, 7) is 4.58. The van der Waals surface area contributed by atoms with E-state index in [0.717, 1.165) is 0 Å². The van der Waals surface area contributed by atoms with Gasteiger partial charge in [0.1, 0.15) is 0 Å². The summed E-state index contributed by atoms with van der Waals surface area (Å²) < 4.78 is 0. The van der Waals surface area contributed by atoms with Crippen LogP contribution in [0.15, 0.2) is 0 Å². The molecule has 24 heavy (non-hydrogen) atoms. The standard InChI is InChI=1S/C16H37N3O5/c1-13(23)11-15(18-5-4-17)16(3-8-20,12-14(2)24)19(6-9-21)7-10-22/h13-15,18,20-24H,3-12,17H2,1-2H3. The van der Waals surface area contributed by atoms with Crippen LogP contribution in [0.4, 0.5) is 0 Å². The molecule has 0 saturated heterocycles. The number of nitrogens with one attached hydrogen (secondary N) is 1. The normalized spacial score (nSPS) is 18.4. The number of nitrogens with two attached hydrogens (primary N) is 1. The van der Waals surface area contributed by atoms with Crippen molar-refractivity contribution >= 4 is 0 Å². The molecule has 8 N–H and O–H groups in total. The zero-order valence-electron chi connectivity index (χ0n) is 15.1. The van der Waals surface area contributed by atoms with Crippen molar-refractivity contribution in [3.63, 3.8) is 0 Å². The van der Waals surface area contributed by atoms with Crippen LogP contribution in [0.5, 0.6) is 0 Å². The van der Waals surface area contributed by atoms with E-state index in [9.17, 15) is 25.5 Å². The summed E-state index contributed by atoms with van der Waals surface area (Å²) in [7, 11) is 0. The second kappa shape index (κ2) is 13.0. The minimum atomic E-state index is -0.722. The summed E-state index contributed by atoms with van der Waals surface area (Å²) in [5.41, 5.74) is 4.88. The second-order valence-corrected chi connectivity index (χ2v) is 6.44. The van der Waals surface area contributed by atoms with Gasteiger partial charge in [-0.05, 0) is 33.1 Å². The monoisotopic (exact) mass is 351 g/mol. The molecule has 0 aliphatic carbocycles. The van der Waals surface area contributed by atoms with Crippen molar-refractivity contribution in [3.05, 3.63) is 0 Å².